The fourth-order valence-corrected chi connectivity index (χ4v) is 3.34. The molecule has 0 aromatic heterocycles. The number of piperidine rings is 1. The molecule has 0 saturated carbocycles. The highest BCUT2D eigenvalue weighted by atomic mass is 35.5. The van der Waals surface area contributed by atoms with Crippen LogP contribution in [0.4, 0.5) is 0 Å². The van der Waals surface area contributed by atoms with E-state index in [2.05, 4.69) is 17.6 Å². The molecule has 1 heterocycles. The Hall–Kier alpha value is -2.17. The zero-order valence-corrected chi connectivity index (χ0v) is 16.7. The van der Waals surface area contributed by atoms with Gasteiger partial charge >= 0.3 is 0 Å². The molecule has 0 spiro atoms. The van der Waals surface area contributed by atoms with Crippen molar-refractivity contribution in [1.29, 1.82) is 0 Å². The summed E-state index contributed by atoms with van der Waals surface area (Å²) in [5, 5.41) is 6.39. The molecule has 144 valence electrons. The lowest BCUT2D eigenvalue weighted by atomic mass is 9.81. The molecule has 0 bridgehead atoms. The highest BCUT2D eigenvalue weighted by molar-refractivity contribution is 6.15. The summed E-state index contributed by atoms with van der Waals surface area (Å²) in [6, 6.07) is 14.5. The van der Waals surface area contributed by atoms with Gasteiger partial charge in [0.05, 0.1) is 5.56 Å². The number of hydrogen-bond acceptors (Lipinski definition) is 3. The van der Waals surface area contributed by atoms with Gasteiger partial charge in [-0.25, -0.2) is 0 Å². The quantitative estimate of drug-likeness (QED) is 0.769. The van der Waals surface area contributed by atoms with Gasteiger partial charge in [0.2, 0.25) is 0 Å². The van der Waals surface area contributed by atoms with E-state index in [1.165, 1.54) is 0 Å². The molecule has 0 radical (unpaired) electrons. The smallest absolute Gasteiger partial charge is 0.252 e. The van der Waals surface area contributed by atoms with E-state index in [1.807, 2.05) is 31.2 Å². The van der Waals surface area contributed by atoms with Crippen LogP contribution in [0.5, 0.6) is 0 Å². The number of carbonyl (C=O) groups excluding carboxylic acids is 2. The first-order valence-electron chi connectivity index (χ1n) is 9.18. The summed E-state index contributed by atoms with van der Waals surface area (Å²) < 4.78 is 0. The Bertz CT molecular complexity index is 796. The molecule has 1 aliphatic rings. The minimum atomic E-state index is -0.180. The minimum absolute atomic E-state index is 0. The van der Waals surface area contributed by atoms with Crippen molar-refractivity contribution >= 4 is 24.1 Å². The molecule has 1 aliphatic heterocycles. The van der Waals surface area contributed by atoms with Gasteiger partial charge in [-0.05, 0) is 44.3 Å². The van der Waals surface area contributed by atoms with Gasteiger partial charge in [-0.2, -0.15) is 0 Å². The second kappa shape index (κ2) is 9.16. The monoisotopic (exact) mass is 386 g/mol. The maximum absolute atomic E-state index is 12.9. The van der Waals surface area contributed by atoms with Crippen LogP contribution in [-0.4, -0.2) is 31.3 Å². The van der Waals surface area contributed by atoms with Crippen molar-refractivity contribution in [3.8, 4) is 0 Å². The largest absolute Gasteiger partial charge is 0.351 e. The maximum Gasteiger partial charge on any atom is 0.252 e. The zero-order chi connectivity index (χ0) is 18.6. The maximum atomic E-state index is 12.9. The number of hydrogen-bond donors (Lipinski definition) is 2. The fourth-order valence-electron chi connectivity index (χ4n) is 3.34. The molecule has 3 rings (SSSR count). The molecule has 1 fully saturated rings. The van der Waals surface area contributed by atoms with Gasteiger partial charge in [0.1, 0.15) is 0 Å². The molecular weight excluding hydrogens is 360 g/mol. The van der Waals surface area contributed by atoms with E-state index in [-0.39, 0.29) is 29.5 Å². The van der Waals surface area contributed by atoms with E-state index >= 15 is 0 Å². The van der Waals surface area contributed by atoms with Gasteiger partial charge in [-0.15, -0.1) is 12.4 Å². The molecule has 0 atom stereocenters. The topological polar surface area (TPSA) is 58.2 Å². The Balaban J connectivity index is 0.00000261. The van der Waals surface area contributed by atoms with Crippen molar-refractivity contribution in [2.45, 2.75) is 26.7 Å². The van der Waals surface area contributed by atoms with E-state index in [9.17, 15) is 9.59 Å². The van der Waals surface area contributed by atoms with Crippen LogP contribution in [0, 0.1) is 12.3 Å². The zero-order valence-electron chi connectivity index (χ0n) is 15.9. The van der Waals surface area contributed by atoms with Crippen molar-refractivity contribution in [2.75, 3.05) is 19.6 Å². The molecule has 4 nitrogen and oxygen atoms in total. The van der Waals surface area contributed by atoms with Crippen LogP contribution in [0.2, 0.25) is 0 Å². The summed E-state index contributed by atoms with van der Waals surface area (Å²) in [6.45, 7) is 6.78. The normalized spacial score (nSPS) is 15.5. The van der Waals surface area contributed by atoms with Crippen LogP contribution >= 0.6 is 12.4 Å². The van der Waals surface area contributed by atoms with Crippen LogP contribution in [0.1, 0.15) is 51.6 Å². The predicted molar refractivity (Wildman–Crippen MR) is 111 cm³/mol. The van der Waals surface area contributed by atoms with Crippen molar-refractivity contribution in [2.24, 2.45) is 5.41 Å². The minimum Gasteiger partial charge on any atom is -0.351 e. The summed E-state index contributed by atoms with van der Waals surface area (Å²) >= 11 is 0. The third kappa shape index (κ3) is 5.18. The molecule has 27 heavy (non-hydrogen) atoms. The van der Waals surface area contributed by atoms with Gasteiger partial charge in [-0.3, -0.25) is 9.59 Å². The third-order valence-electron chi connectivity index (χ3n) is 5.22. The number of amides is 1. The molecule has 0 aliphatic carbocycles. The number of benzene rings is 2. The lowest BCUT2D eigenvalue weighted by molar-refractivity contribution is 0.0913. The SMILES string of the molecule is Cc1ccc(C(=O)c2ccccc2C(=O)NCC2(C)CCNCC2)cc1.Cl. The molecule has 1 saturated heterocycles. The van der Waals surface area contributed by atoms with E-state index < -0.39 is 0 Å². The van der Waals surface area contributed by atoms with Crippen molar-refractivity contribution in [3.63, 3.8) is 0 Å². The Morgan fingerprint density at radius 2 is 1.59 bits per heavy atom. The van der Waals surface area contributed by atoms with Gasteiger partial charge in [0, 0.05) is 17.7 Å². The molecule has 0 unspecified atom stereocenters. The first kappa shape index (κ1) is 21.1. The van der Waals surface area contributed by atoms with Crippen LogP contribution in [0.3, 0.4) is 0 Å². The molecule has 2 N–H and O–H groups in total. The summed E-state index contributed by atoms with van der Waals surface area (Å²) in [6.07, 6.45) is 2.08. The summed E-state index contributed by atoms with van der Waals surface area (Å²) in [4.78, 5) is 25.6. The first-order valence-corrected chi connectivity index (χ1v) is 9.18. The average Bonchev–Trinajstić information content (AvgIpc) is 2.67. The Morgan fingerprint density at radius 3 is 2.22 bits per heavy atom. The number of nitrogens with one attached hydrogen (secondary N) is 2. The summed E-state index contributed by atoms with van der Waals surface area (Å²) in [5.41, 5.74) is 2.69. The summed E-state index contributed by atoms with van der Waals surface area (Å²) in [5.74, 6) is -0.301. The number of halogens is 1. The summed E-state index contributed by atoms with van der Waals surface area (Å²) in [7, 11) is 0. The van der Waals surface area contributed by atoms with Crippen LogP contribution < -0.4 is 10.6 Å². The Kier molecular flexibility index (Phi) is 7.17. The Labute approximate surface area is 167 Å². The number of ketones is 1. The lowest BCUT2D eigenvalue weighted by Gasteiger charge is -2.34. The molecule has 5 heteroatoms. The average molecular weight is 387 g/mol. The first-order chi connectivity index (χ1) is 12.5. The van der Waals surface area contributed by atoms with Crippen molar-refractivity contribution in [1.82, 2.24) is 10.6 Å². The van der Waals surface area contributed by atoms with Crippen LogP contribution in [0.25, 0.3) is 0 Å². The fraction of sp³-hybridized carbons (Fsp3) is 0.364. The van der Waals surface area contributed by atoms with Crippen LogP contribution in [-0.2, 0) is 0 Å². The van der Waals surface area contributed by atoms with Gasteiger partial charge in [0.15, 0.2) is 5.78 Å². The van der Waals surface area contributed by atoms with E-state index in [0.717, 1.165) is 31.5 Å². The lowest BCUT2D eigenvalue weighted by Crippen LogP contribution is -2.43. The molecule has 2 aromatic carbocycles. The van der Waals surface area contributed by atoms with Gasteiger partial charge in [0.25, 0.3) is 5.91 Å². The number of rotatable bonds is 5. The second-order valence-corrected chi connectivity index (χ2v) is 7.48. The molecule has 2 aromatic rings. The van der Waals surface area contributed by atoms with Gasteiger partial charge < -0.3 is 10.6 Å². The molecule has 1 amide bonds. The highest BCUT2D eigenvalue weighted by Crippen LogP contribution is 2.27. The van der Waals surface area contributed by atoms with E-state index in [1.54, 1.807) is 24.3 Å². The molecular formula is C22H27ClN2O2. The van der Waals surface area contributed by atoms with Crippen LogP contribution in [0.15, 0.2) is 48.5 Å². The van der Waals surface area contributed by atoms with Crippen molar-refractivity contribution < 1.29 is 9.59 Å². The number of aryl methyl sites for hydroxylation is 1. The van der Waals surface area contributed by atoms with E-state index in [0.29, 0.717) is 23.2 Å². The third-order valence-corrected chi connectivity index (χ3v) is 5.22. The predicted octanol–water partition coefficient (Wildman–Crippen LogP) is 3.77. The van der Waals surface area contributed by atoms with Gasteiger partial charge in [-0.1, -0.05) is 55.0 Å². The number of carbonyl (C=O) groups is 2. The van der Waals surface area contributed by atoms with Crippen molar-refractivity contribution in [3.05, 3.63) is 70.8 Å². The highest BCUT2D eigenvalue weighted by Gasteiger charge is 2.27. The Morgan fingerprint density at radius 1 is 1.00 bits per heavy atom. The standard InChI is InChI=1S/C22H26N2O2.ClH/c1-16-7-9-17(10-8-16)20(25)18-5-3-4-6-19(18)21(26)24-15-22(2)11-13-23-14-12-22;/h3-10,23H,11-15H2,1-2H3,(H,24,26);1H. The second-order valence-electron chi connectivity index (χ2n) is 7.48. The van der Waals surface area contributed by atoms with E-state index in [4.69, 9.17) is 0 Å².